The number of aromatic amines is 2. The summed E-state index contributed by atoms with van der Waals surface area (Å²) in [7, 11) is 0. The zero-order chi connectivity index (χ0) is 26.3. The number of H-pyrrole nitrogens is 2. The molecule has 0 unspecified atom stereocenters. The number of aromatic hydroxyl groups is 1. The third-order valence-corrected chi connectivity index (χ3v) is 6.86. The lowest BCUT2D eigenvalue weighted by atomic mass is 10.1. The Kier molecular flexibility index (Phi) is 5.63. The molecule has 6 aromatic rings. The standard InChI is InChI=1S/C28H23FN8O2/c29-17-7-15(8-18(38)10-17)21-3-6-32-27-25(21)34-28(35-27)26-22-11-23(33-14-24(22)36-37-26)16-9-20(13-31-12-16)39-19-1-4-30-5-2-19/h3,6-14,19,30,38H,1-2,4-5H2,(H,36,37)(H,32,34,35). The molecule has 0 spiro atoms. The molecule has 6 heterocycles. The first-order chi connectivity index (χ1) is 19.1. The Morgan fingerprint density at radius 2 is 1.87 bits per heavy atom. The van der Waals surface area contributed by atoms with E-state index in [1.807, 2.05) is 12.1 Å². The largest absolute Gasteiger partial charge is 0.508 e. The van der Waals surface area contributed by atoms with Crippen LogP contribution in [0.25, 0.3) is 56.0 Å². The first-order valence-electron chi connectivity index (χ1n) is 12.6. The summed E-state index contributed by atoms with van der Waals surface area (Å²) in [6.07, 6.45) is 8.90. The van der Waals surface area contributed by atoms with E-state index in [4.69, 9.17) is 4.74 Å². The van der Waals surface area contributed by atoms with Crippen LogP contribution in [0.4, 0.5) is 4.39 Å². The summed E-state index contributed by atoms with van der Waals surface area (Å²) in [5.41, 5.74) is 5.11. The van der Waals surface area contributed by atoms with Crippen LogP contribution in [0.15, 0.2) is 61.2 Å². The van der Waals surface area contributed by atoms with Gasteiger partial charge in [-0.15, -0.1) is 0 Å². The predicted molar refractivity (Wildman–Crippen MR) is 144 cm³/mol. The van der Waals surface area contributed by atoms with E-state index in [1.54, 1.807) is 30.9 Å². The molecule has 1 aromatic carbocycles. The first kappa shape index (κ1) is 23.2. The number of aromatic nitrogens is 7. The van der Waals surface area contributed by atoms with Gasteiger partial charge in [0.1, 0.15) is 29.1 Å². The summed E-state index contributed by atoms with van der Waals surface area (Å²) in [5.74, 6) is 0.517. The van der Waals surface area contributed by atoms with E-state index >= 15 is 0 Å². The van der Waals surface area contributed by atoms with Gasteiger partial charge in [-0.3, -0.25) is 15.1 Å². The van der Waals surface area contributed by atoms with Gasteiger partial charge in [0.25, 0.3) is 0 Å². The smallest absolute Gasteiger partial charge is 0.178 e. The minimum atomic E-state index is -0.535. The Hall–Kier alpha value is -4.90. The number of imidazole rings is 1. The molecule has 4 N–H and O–H groups in total. The highest BCUT2D eigenvalue weighted by molar-refractivity contribution is 5.96. The Morgan fingerprint density at radius 3 is 2.74 bits per heavy atom. The number of fused-ring (bicyclic) bond motifs is 2. The zero-order valence-electron chi connectivity index (χ0n) is 20.6. The van der Waals surface area contributed by atoms with Crippen LogP contribution < -0.4 is 10.1 Å². The van der Waals surface area contributed by atoms with Gasteiger partial charge in [0, 0.05) is 35.0 Å². The summed E-state index contributed by atoms with van der Waals surface area (Å²) in [6, 6.07) is 9.55. The van der Waals surface area contributed by atoms with Gasteiger partial charge in [-0.2, -0.15) is 5.10 Å². The molecular weight excluding hydrogens is 499 g/mol. The lowest BCUT2D eigenvalue weighted by Gasteiger charge is -2.23. The van der Waals surface area contributed by atoms with Crippen LogP contribution >= 0.6 is 0 Å². The van der Waals surface area contributed by atoms with Gasteiger partial charge >= 0.3 is 0 Å². The van der Waals surface area contributed by atoms with Gasteiger partial charge in [-0.1, -0.05) is 0 Å². The van der Waals surface area contributed by atoms with Gasteiger partial charge in [0.2, 0.25) is 0 Å². The number of phenols is 1. The molecule has 10 nitrogen and oxygen atoms in total. The predicted octanol–water partition coefficient (Wildman–Crippen LogP) is 4.60. The van der Waals surface area contributed by atoms with Gasteiger partial charge in [0.05, 0.1) is 29.1 Å². The summed E-state index contributed by atoms with van der Waals surface area (Å²) in [6.45, 7) is 1.89. The third kappa shape index (κ3) is 4.42. The van der Waals surface area contributed by atoms with Crippen molar-refractivity contribution in [1.82, 2.24) is 40.4 Å². The molecule has 0 amide bonds. The van der Waals surface area contributed by atoms with Crippen molar-refractivity contribution in [1.29, 1.82) is 0 Å². The molecule has 1 fully saturated rings. The fourth-order valence-corrected chi connectivity index (χ4v) is 4.98. The van der Waals surface area contributed by atoms with Crippen molar-refractivity contribution < 1.29 is 14.2 Å². The normalized spacial score (nSPS) is 14.3. The van der Waals surface area contributed by atoms with Crippen LogP contribution in [0, 0.1) is 5.82 Å². The molecule has 0 radical (unpaired) electrons. The van der Waals surface area contributed by atoms with Crippen molar-refractivity contribution in [2.75, 3.05) is 13.1 Å². The summed E-state index contributed by atoms with van der Waals surface area (Å²) >= 11 is 0. The third-order valence-electron chi connectivity index (χ3n) is 6.86. The minimum absolute atomic E-state index is 0.160. The minimum Gasteiger partial charge on any atom is -0.508 e. The molecule has 11 heteroatoms. The van der Waals surface area contributed by atoms with E-state index in [0.717, 1.165) is 54.2 Å². The maximum atomic E-state index is 14.0. The lowest BCUT2D eigenvalue weighted by molar-refractivity contribution is 0.162. The van der Waals surface area contributed by atoms with Crippen molar-refractivity contribution >= 4 is 22.1 Å². The highest BCUT2D eigenvalue weighted by atomic mass is 19.1. The lowest BCUT2D eigenvalue weighted by Crippen LogP contribution is -2.34. The number of ether oxygens (including phenoxy) is 1. The number of nitrogens with zero attached hydrogens (tertiary/aromatic N) is 5. The molecule has 0 aliphatic carbocycles. The maximum absolute atomic E-state index is 14.0. The van der Waals surface area contributed by atoms with Gasteiger partial charge in [-0.25, -0.2) is 14.4 Å². The molecule has 0 atom stereocenters. The van der Waals surface area contributed by atoms with E-state index in [2.05, 4.69) is 40.4 Å². The highest BCUT2D eigenvalue weighted by Gasteiger charge is 2.18. The molecule has 1 aliphatic heterocycles. The average molecular weight is 523 g/mol. The highest BCUT2D eigenvalue weighted by Crippen LogP contribution is 2.33. The van der Waals surface area contributed by atoms with Crippen LogP contribution in [0.1, 0.15) is 12.8 Å². The molecule has 5 aromatic heterocycles. The summed E-state index contributed by atoms with van der Waals surface area (Å²) in [5, 5.41) is 21.6. The Morgan fingerprint density at radius 1 is 0.974 bits per heavy atom. The van der Waals surface area contributed by atoms with Crippen LogP contribution in [0.3, 0.4) is 0 Å². The number of pyridine rings is 3. The van der Waals surface area contributed by atoms with Crippen LogP contribution in [-0.4, -0.2) is 59.4 Å². The van der Waals surface area contributed by atoms with Crippen molar-refractivity contribution in [3.8, 4) is 45.4 Å². The van der Waals surface area contributed by atoms with Crippen molar-refractivity contribution in [3.05, 3.63) is 67.0 Å². The Labute approximate surface area is 221 Å². The average Bonchev–Trinajstić information content (AvgIpc) is 3.57. The number of phenolic OH excluding ortho intramolecular Hbond substituents is 1. The van der Waals surface area contributed by atoms with Crippen LogP contribution in [0.5, 0.6) is 11.5 Å². The van der Waals surface area contributed by atoms with E-state index in [1.165, 1.54) is 12.1 Å². The van der Waals surface area contributed by atoms with Crippen molar-refractivity contribution in [2.24, 2.45) is 0 Å². The second-order valence-electron chi connectivity index (χ2n) is 9.50. The van der Waals surface area contributed by atoms with Crippen molar-refractivity contribution in [3.63, 3.8) is 0 Å². The van der Waals surface area contributed by atoms with Crippen molar-refractivity contribution in [2.45, 2.75) is 18.9 Å². The number of benzene rings is 1. The monoisotopic (exact) mass is 522 g/mol. The topological polar surface area (TPSA) is 138 Å². The first-order valence-corrected chi connectivity index (χ1v) is 12.6. The van der Waals surface area contributed by atoms with Gasteiger partial charge in [0.15, 0.2) is 11.5 Å². The summed E-state index contributed by atoms with van der Waals surface area (Å²) < 4.78 is 20.2. The number of hydrogen-bond acceptors (Lipinski definition) is 8. The number of rotatable bonds is 5. The van der Waals surface area contributed by atoms with E-state index in [0.29, 0.717) is 39.6 Å². The SMILES string of the molecule is Oc1cc(F)cc(-c2ccnc3nc(-c4n[nH]c5cnc(-c6cncc(OC7CCNCC7)c6)cc45)[nH]c23)c1. The fourth-order valence-electron chi connectivity index (χ4n) is 4.98. The Bertz CT molecular complexity index is 1810. The molecule has 0 saturated carbocycles. The fraction of sp³-hybridized carbons (Fsp3) is 0.179. The van der Waals surface area contributed by atoms with E-state index < -0.39 is 5.82 Å². The Balaban J connectivity index is 1.26. The number of halogens is 1. The molecular formula is C28H23FN8O2. The number of nitrogens with one attached hydrogen (secondary N) is 3. The molecule has 194 valence electrons. The number of piperidine rings is 1. The van der Waals surface area contributed by atoms with E-state index in [-0.39, 0.29) is 11.9 Å². The van der Waals surface area contributed by atoms with Gasteiger partial charge in [-0.05, 0) is 61.8 Å². The van der Waals surface area contributed by atoms with Gasteiger partial charge < -0.3 is 20.1 Å². The molecule has 0 bridgehead atoms. The molecule has 1 aliphatic rings. The van der Waals surface area contributed by atoms with Crippen LogP contribution in [-0.2, 0) is 0 Å². The second-order valence-corrected chi connectivity index (χ2v) is 9.50. The quantitative estimate of drug-likeness (QED) is 0.258. The zero-order valence-corrected chi connectivity index (χ0v) is 20.6. The summed E-state index contributed by atoms with van der Waals surface area (Å²) in [4.78, 5) is 21.3. The maximum Gasteiger partial charge on any atom is 0.178 e. The van der Waals surface area contributed by atoms with E-state index in [9.17, 15) is 9.50 Å². The molecule has 1 saturated heterocycles. The second kappa shape index (κ2) is 9.44. The number of hydrogen-bond donors (Lipinski definition) is 4. The molecule has 7 rings (SSSR count). The molecule has 39 heavy (non-hydrogen) atoms. The van der Waals surface area contributed by atoms with Crippen LogP contribution in [0.2, 0.25) is 0 Å².